The predicted molar refractivity (Wildman–Crippen MR) is 90.2 cm³/mol. The molecule has 0 fully saturated rings. The van der Waals surface area contributed by atoms with Crippen molar-refractivity contribution in [1.82, 2.24) is 4.90 Å². The van der Waals surface area contributed by atoms with Crippen LogP contribution in [0.2, 0.25) is 0 Å². The number of nitro benzene ring substituents is 1. The maximum absolute atomic E-state index is 12.2. The van der Waals surface area contributed by atoms with Crippen LogP contribution in [-0.4, -0.2) is 33.9 Å². The normalized spacial score (nSPS) is 13.2. The lowest BCUT2D eigenvalue weighted by Gasteiger charge is -2.13. The Morgan fingerprint density at radius 3 is 2.08 bits per heavy atom. The van der Waals surface area contributed by atoms with E-state index in [9.17, 15) is 19.7 Å². The molecule has 24 heavy (non-hydrogen) atoms. The number of nitro groups is 1. The van der Waals surface area contributed by atoms with E-state index in [1.165, 1.54) is 28.8 Å². The van der Waals surface area contributed by atoms with Gasteiger partial charge in [-0.15, -0.1) is 11.8 Å². The van der Waals surface area contributed by atoms with Gasteiger partial charge in [-0.25, -0.2) is 0 Å². The Hall–Kier alpha value is -2.67. The summed E-state index contributed by atoms with van der Waals surface area (Å²) in [6, 6.07) is 13.2. The number of amides is 2. The van der Waals surface area contributed by atoms with E-state index in [1.807, 2.05) is 0 Å². The quantitative estimate of drug-likeness (QED) is 0.264. The number of hydrogen-bond acceptors (Lipinski definition) is 5. The Bertz CT molecular complexity index is 769. The van der Waals surface area contributed by atoms with Crippen molar-refractivity contribution in [2.45, 2.75) is 11.3 Å². The van der Waals surface area contributed by atoms with Crippen LogP contribution in [-0.2, 0) is 0 Å². The first kappa shape index (κ1) is 16.2. The van der Waals surface area contributed by atoms with Crippen molar-refractivity contribution in [2.75, 3.05) is 12.3 Å². The molecule has 3 rings (SSSR count). The highest BCUT2D eigenvalue weighted by molar-refractivity contribution is 7.99. The third-order valence-electron chi connectivity index (χ3n) is 3.72. The fourth-order valence-electron chi connectivity index (χ4n) is 2.52. The first-order chi connectivity index (χ1) is 11.6. The molecule has 2 aromatic carbocycles. The lowest BCUT2D eigenvalue weighted by molar-refractivity contribution is -0.384. The van der Waals surface area contributed by atoms with Gasteiger partial charge in [-0.05, 0) is 36.4 Å². The summed E-state index contributed by atoms with van der Waals surface area (Å²) in [6.07, 6.45) is 0.660. The van der Waals surface area contributed by atoms with E-state index >= 15 is 0 Å². The number of imide groups is 1. The van der Waals surface area contributed by atoms with Gasteiger partial charge in [0.1, 0.15) is 0 Å². The van der Waals surface area contributed by atoms with Crippen molar-refractivity contribution in [3.8, 4) is 0 Å². The van der Waals surface area contributed by atoms with Crippen molar-refractivity contribution in [1.29, 1.82) is 0 Å². The second-order valence-electron chi connectivity index (χ2n) is 5.26. The molecule has 0 bridgehead atoms. The van der Waals surface area contributed by atoms with Gasteiger partial charge in [-0.2, -0.15) is 0 Å². The molecule has 0 unspecified atom stereocenters. The van der Waals surface area contributed by atoms with Gasteiger partial charge in [-0.1, -0.05) is 12.1 Å². The van der Waals surface area contributed by atoms with Crippen LogP contribution in [0.1, 0.15) is 27.1 Å². The summed E-state index contributed by atoms with van der Waals surface area (Å²) < 4.78 is 0. The lowest BCUT2D eigenvalue weighted by Crippen LogP contribution is -2.30. The van der Waals surface area contributed by atoms with Gasteiger partial charge in [0, 0.05) is 23.6 Å². The average molecular weight is 342 g/mol. The van der Waals surface area contributed by atoms with Gasteiger partial charge in [0.2, 0.25) is 0 Å². The summed E-state index contributed by atoms with van der Waals surface area (Å²) in [6.45, 7) is 0.367. The van der Waals surface area contributed by atoms with Crippen LogP contribution < -0.4 is 0 Å². The van der Waals surface area contributed by atoms with E-state index in [2.05, 4.69) is 0 Å². The highest BCUT2D eigenvalue weighted by Gasteiger charge is 2.34. The van der Waals surface area contributed by atoms with Crippen molar-refractivity contribution < 1.29 is 14.5 Å². The van der Waals surface area contributed by atoms with Gasteiger partial charge in [0.25, 0.3) is 17.5 Å². The van der Waals surface area contributed by atoms with Crippen LogP contribution >= 0.6 is 11.8 Å². The smallest absolute Gasteiger partial charge is 0.269 e. The van der Waals surface area contributed by atoms with Crippen LogP contribution in [0.25, 0.3) is 0 Å². The number of fused-ring (bicyclic) bond motifs is 1. The molecule has 0 N–H and O–H groups in total. The third-order valence-corrected chi connectivity index (χ3v) is 4.82. The maximum atomic E-state index is 12.2. The Kier molecular flexibility index (Phi) is 4.61. The molecule has 1 heterocycles. The Balaban J connectivity index is 1.52. The van der Waals surface area contributed by atoms with Crippen molar-refractivity contribution in [2.24, 2.45) is 0 Å². The van der Waals surface area contributed by atoms with Crippen molar-refractivity contribution >= 4 is 29.3 Å². The Morgan fingerprint density at radius 1 is 0.958 bits per heavy atom. The molecule has 6 nitrogen and oxygen atoms in total. The Morgan fingerprint density at radius 2 is 1.54 bits per heavy atom. The zero-order chi connectivity index (χ0) is 17.1. The first-order valence-electron chi connectivity index (χ1n) is 7.40. The van der Waals surface area contributed by atoms with E-state index in [1.54, 1.807) is 36.4 Å². The van der Waals surface area contributed by atoms with Gasteiger partial charge in [-0.3, -0.25) is 24.6 Å². The minimum absolute atomic E-state index is 0.0605. The second kappa shape index (κ2) is 6.84. The molecule has 0 radical (unpaired) electrons. The molecule has 0 spiro atoms. The summed E-state index contributed by atoms with van der Waals surface area (Å²) in [7, 11) is 0. The molecular formula is C17H14N2O4S. The first-order valence-corrected chi connectivity index (χ1v) is 8.39. The minimum Gasteiger partial charge on any atom is -0.274 e. The molecule has 0 saturated carbocycles. The summed E-state index contributed by atoms with van der Waals surface area (Å²) in [5, 5.41) is 10.6. The fraction of sp³-hybridized carbons (Fsp3) is 0.176. The lowest BCUT2D eigenvalue weighted by atomic mass is 10.1. The summed E-state index contributed by atoms with van der Waals surface area (Å²) in [4.78, 5) is 36.8. The van der Waals surface area contributed by atoms with Crippen molar-refractivity contribution in [3.05, 3.63) is 69.8 Å². The topological polar surface area (TPSA) is 80.5 Å². The number of benzene rings is 2. The van der Waals surface area contributed by atoms with Crippen LogP contribution in [0.3, 0.4) is 0 Å². The fourth-order valence-corrected chi connectivity index (χ4v) is 3.36. The number of non-ortho nitro benzene ring substituents is 1. The summed E-state index contributed by atoms with van der Waals surface area (Å²) in [5.74, 6) is 0.234. The molecule has 7 heteroatoms. The SMILES string of the molecule is O=C1c2ccccc2C(=O)N1CCCSc1ccc([N+](=O)[O-])cc1. The van der Waals surface area contributed by atoms with Crippen LogP contribution in [0.4, 0.5) is 5.69 Å². The van der Waals surface area contributed by atoms with E-state index in [0.717, 1.165) is 4.90 Å². The van der Waals surface area contributed by atoms with Gasteiger partial charge in [0.05, 0.1) is 16.1 Å². The molecule has 2 amide bonds. The predicted octanol–water partition coefficient (Wildman–Crippen LogP) is 3.37. The number of thioether (sulfide) groups is 1. The number of carbonyl (C=O) groups excluding carboxylic acids is 2. The molecule has 1 aliphatic rings. The molecule has 0 atom stereocenters. The summed E-state index contributed by atoms with van der Waals surface area (Å²) in [5.41, 5.74) is 0.987. The highest BCUT2D eigenvalue weighted by Crippen LogP contribution is 2.25. The third kappa shape index (κ3) is 3.16. The zero-order valence-electron chi connectivity index (χ0n) is 12.7. The molecular weight excluding hydrogens is 328 g/mol. The van der Waals surface area contributed by atoms with Crippen molar-refractivity contribution in [3.63, 3.8) is 0 Å². The monoisotopic (exact) mass is 342 g/mol. The van der Waals surface area contributed by atoms with Gasteiger partial charge in [0.15, 0.2) is 0 Å². The number of nitrogens with zero attached hydrogens (tertiary/aromatic N) is 2. The van der Waals surface area contributed by atoms with E-state index in [0.29, 0.717) is 29.8 Å². The molecule has 122 valence electrons. The molecule has 0 aliphatic carbocycles. The van der Waals surface area contributed by atoms with E-state index in [4.69, 9.17) is 0 Å². The largest absolute Gasteiger partial charge is 0.274 e. The maximum Gasteiger partial charge on any atom is 0.269 e. The average Bonchev–Trinajstić information content (AvgIpc) is 2.84. The zero-order valence-corrected chi connectivity index (χ0v) is 13.5. The number of rotatable bonds is 6. The highest BCUT2D eigenvalue weighted by atomic mass is 32.2. The minimum atomic E-state index is -0.434. The second-order valence-corrected chi connectivity index (χ2v) is 6.43. The molecule has 2 aromatic rings. The van der Waals surface area contributed by atoms with Gasteiger partial charge >= 0.3 is 0 Å². The standard InChI is InChI=1S/C17H14N2O4S/c20-16-14-4-1-2-5-15(14)17(21)18(16)10-3-11-24-13-8-6-12(7-9-13)19(22)23/h1-2,4-9H,3,10-11H2. The van der Waals surface area contributed by atoms with E-state index < -0.39 is 4.92 Å². The van der Waals surface area contributed by atoms with Crippen LogP contribution in [0, 0.1) is 10.1 Å². The number of carbonyl (C=O) groups is 2. The van der Waals surface area contributed by atoms with Crippen LogP contribution in [0.5, 0.6) is 0 Å². The van der Waals surface area contributed by atoms with E-state index in [-0.39, 0.29) is 17.5 Å². The van der Waals surface area contributed by atoms with Gasteiger partial charge < -0.3 is 0 Å². The molecule has 0 aromatic heterocycles. The van der Waals surface area contributed by atoms with Crippen LogP contribution in [0.15, 0.2) is 53.4 Å². The summed E-state index contributed by atoms with van der Waals surface area (Å²) >= 11 is 1.54. The molecule has 1 aliphatic heterocycles. The molecule has 0 saturated heterocycles. The Labute approximate surface area is 142 Å². The number of hydrogen-bond donors (Lipinski definition) is 0.